The minimum atomic E-state index is -0.0820. The van der Waals surface area contributed by atoms with Crippen molar-refractivity contribution in [3.05, 3.63) is 27.7 Å². The molecule has 0 fully saturated rings. The number of Topliss-reactive ketones (excluding diaryl/α,β-unsaturated/α-hetero) is 1. The fourth-order valence-corrected chi connectivity index (χ4v) is 1.79. The van der Waals surface area contributed by atoms with E-state index >= 15 is 0 Å². The average Bonchev–Trinajstić information content (AvgIpc) is 2.18. The topological polar surface area (TPSA) is 50.1 Å². The molecule has 78 valence electrons. The normalized spacial score (nSPS) is 9.47. The van der Waals surface area contributed by atoms with Gasteiger partial charge in [-0.1, -0.05) is 0 Å². The minimum Gasteiger partial charge on any atom is -0.492 e. The summed E-state index contributed by atoms with van der Waals surface area (Å²) in [6.07, 6.45) is 0. The molecular weight excluding hydrogens is 258 g/mol. The van der Waals surface area contributed by atoms with Crippen LogP contribution in [0.2, 0.25) is 0 Å². The van der Waals surface area contributed by atoms with E-state index < -0.39 is 0 Å². The van der Waals surface area contributed by atoms with E-state index in [2.05, 4.69) is 15.9 Å². The van der Waals surface area contributed by atoms with Gasteiger partial charge in [0.2, 0.25) is 0 Å². The smallest absolute Gasteiger partial charge is 0.160 e. The van der Waals surface area contributed by atoms with E-state index in [0.29, 0.717) is 28.0 Å². The molecule has 15 heavy (non-hydrogen) atoms. The van der Waals surface area contributed by atoms with Gasteiger partial charge in [0.15, 0.2) is 5.78 Å². The third-order valence-corrected chi connectivity index (χ3v) is 2.52. The van der Waals surface area contributed by atoms with Crippen molar-refractivity contribution in [1.29, 1.82) is 5.26 Å². The molecule has 0 aliphatic heterocycles. The zero-order valence-electron chi connectivity index (χ0n) is 8.50. The first-order chi connectivity index (χ1) is 7.10. The highest BCUT2D eigenvalue weighted by molar-refractivity contribution is 9.10. The van der Waals surface area contributed by atoms with Gasteiger partial charge in [0.25, 0.3) is 0 Å². The van der Waals surface area contributed by atoms with Crippen LogP contribution in [0.15, 0.2) is 16.6 Å². The molecule has 0 spiro atoms. The molecule has 1 rings (SSSR count). The van der Waals surface area contributed by atoms with Gasteiger partial charge in [0.05, 0.1) is 12.2 Å². The summed E-state index contributed by atoms with van der Waals surface area (Å²) in [5.74, 6) is 0.415. The van der Waals surface area contributed by atoms with Gasteiger partial charge in [0.1, 0.15) is 11.8 Å². The van der Waals surface area contributed by atoms with E-state index in [-0.39, 0.29) is 5.78 Å². The number of rotatable bonds is 3. The largest absolute Gasteiger partial charge is 0.492 e. The van der Waals surface area contributed by atoms with E-state index in [1.165, 1.54) is 13.0 Å². The Bertz CT molecular complexity index is 435. The molecule has 0 unspecified atom stereocenters. The SMILES string of the molecule is CCOc1cc(Br)c(C(C)=O)cc1C#N. The fraction of sp³-hybridized carbons (Fsp3) is 0.273. The van der Waals surface area contributed by atoms with Crippen LogP contribution in [-0.4, -0.2) is 12.4 Å². The van der Waals surface area contributed by atoms with Crippen molar-refractivity contribution in [1.82, 2.24) is 0 Å². The molecule has 1 aromatic rings. The first-order valence-electron chi connectivity index (χ1n) is 4.47. The van der Waals surface area contributed by atoms with Crippen molar-refractivity contribution in [2.45, 2.75) is 13.8 Å². The zero-order chi connectivity index (χ0) is 11.4. The lowest BCUT2D eigenvalue weighted by atomic mass is 10.1. The lowest BCUT2D eigenvalue weighted by Gasteiger charge is -2.08. The van der Waals surface area contributed by atoms with E-state index in [0.717, 1.165) is 0 Å². The Morgan fingerprint density at radius 1 is 1.60 bits per heavy atom. The second-order valence-electron chi connectivity index (χ2n) is 2.93. The summed E-state index contributed by atoms with van der Waals surface area (Å²) in [5, 5.41) is 8.89. The van der Waals surface area contributed by atoms with Crippen molar-refractivity contribution in [2.75, 3.05) is 6.61 Å². The second-order valence-corrected chi connectivity index (χ2v) is 3.78. The predicted octanol–water partition coefficient (Wildman–Crippen LogP) is 2.92. The molecule has 1 aromatic carbocycles. The molecule has 0 bridgehead atoms. The average molecular weight is 268 g/mol. The lowest BCUT2D eigenvalue weighted by Crippen LogP contribution is -1.99. The van der Waals surface area contributed by atoms with Crippen LogP contribution in [0.1, 0.15) is 29.8 Å². The highest BCUT2D eigenvalue weighted by atomic mass is 79.9. The Balaban J connectivity index is 3.30. The molecule has 4 heteroatoms. The fourth-order valence-electron chi connectivity index (χ4n) is 1.19. The number of nitrogens with zero attached hydrogens (tertiary/aromatic N) is 1. The molecule has 0 amide bonds. The Morgan fingerprint density at radius 2 is 2.27 bits per heavy atom. The summed E-state index contributed by atoms with van der Waals surface area (Å²) < 4.78 is 5.93. The lowest BCUT2D eigenvalue weighted by molar-refractivity contribution is 0.101. The molecule has 0 atom stereocenters. The number of halogens is 1. The van der Waals surface area contributed by atoms with Gasteiger partial charge < -0.3 is 4.74 Å². The molecule has 0 aromatic heterocycles. The van der Waals surface area contributed by atoms with Crippen molar-refractivity contribution < 1.29 is 9.53 Å². The van der Waals surface area contributed by atoms with Crippen LogP contribution in [0, 0.1) is 11.3 Å². The Morgan fingerprint density at radius 3 is 2.73 bits per heavy atom. The monoisotopic (exact) mass is 267 g/mol. The van der Waals surface area contributed by atoms with Crippen LogP contribution >= 0.6 is 15.9 Å². The van der Waals surface area contributed by atoms with Crippen molar-refractivity contribution in [3.63, 3.8) is 0 Å². The number of hydrogen-bond donors (Lipinski definition) is 0. The van der Waals surface area contributed by atoms with Crippen LogP contribution < -0.4 is 4.74 Å². The molecule has 3 nitrogen and oxygen atoms in total. The molecule has 0 heterocycles. The standard InChI is InChI=1S/C11H10BrNO2/c1-3-15-11-5-10(12)9(7(2)14)4-8(11)6-13/h4-5H,3H2,1-2H3. The number of carbonyl (C=O) groups excluding carboxylic acids is 1. The van der Waals surface area contributed by atoms with Gasteiger partial charge in [-0.2, -0.15) is 5.26 Å². The number of ketones is 1. The molecular formula is C11H10BrNO2. The van der Waals surface area contributed by atoms with E-state index in [4.69, 9.17) is 10.00 Å². The first-order valence-corrected chi connectivity index (χ1v) is 5.26. The zero-order valence-corrected chi connectivity index (χ0v) is 10.1. The van der Waals surface area contributed by atoms with Crippen molar-refractivity contribution in [3.8, 4) is 11.8 Å². The molecule has 0 radical (unpaired) electrons. The number of carbonyl (C=O) groups is 1. The van der Waals surface area contributed by atoms with Gasteiger partial charge in [0, 0.05) is 10.0 Å². The number of hydrogen-bond acceptors (Lipinski definition) is 3. The van der Waals surface area contributed by atoms with Gasteiger partial charge >= 0.3 is 0 Å². The number of benzene rings is 1. The summed E-state index contributed by atoms with van der Waals surface area (Å²) in [4.78, 5) is 11.2. The van der Waals surface area contributed by atoms with Crippen molar-refractivity contribution in [2.24, 2.45) is 0 Å². The van der Waals surface area contributed by atoms with Gasteiger partial charge in [-0.3, -0.25) is 4.79 Å². The van der Waals surface area contributed by atoms with E-state index in [1.807, 2.05) is 13.0 Å². The van der Waals surface area contributed by atoms with Crippen LogP contribution in [0.3, 0.4) is 0 Å². The highest BCUT2D eigenvalue weighted by Gasteiger charge is 2.11. The molecule has 0 aliphatic carbocycles. The highest BCUT2D eigenvalue weighted by Crippen LogP contribution is 2.27. The first kappa shape index (κ1) is 11.7. The maximum Gasteiger partial charge on any atom is 0.160 e. The summed E-state index contributed by atoms with van der Waals surface area (Å²) in [7, 11) is 0. The molecule has 0 saturated carbocycles. The summed E-state index contributed by atoms with van der Waals surface area (Å²) in [6, 6.07) is 5.20. The quantitative estimate of drug-likeness (QED) is 0.792. The van der Waals surface area contributed by atoms with E-state index in [1.54, 1.807) is 6.07 Å². The number of ether oxygens (including phenoxy) is 1. The Labute approximate surface area is 96.8 Å². The van der Waals surface area contributed by atoms with Gasteiger partial charge in [-0.25, -0.2) is 0 Å². The van der Waals surface area contributed by atoms with Crippen LogP contribution in [-0.2, 0) is 0 Å². The van der Waals surface area contributed by atoms with Crippen LogP contribution in [0.4, 0.5) is 0 Å². The number of nitriles is 1. The van der Waals surface area contributed by atoms with Crippen LogP contribution in [0.5, 0.6) is 5.75 Å². The van der Waals surface area contributed by atoms with Crippen LogP contribution in [0.25, 0.3) is 0 Å². The molecule has 0 saturated heterocycles. The third kappa shape index (κ3) is 2.57. The summed E-state index contributed by atoms with van der Waals surface area (Å²) in [6.45, 7) is 3.79. The maximum atomic E-state index is 11.2. The van der Waals surface area contributed by atoms with Crippen molar-refractivity contribution >= 4 is 21.7 Å². The maximum absolute atomic E-state index is 11.2. The summed E-state index contributed by atoms with van der Waals surface area (Å²) >= 11 is 3.27. The van der Waals surface area contributed by atoms with E-state index in [9.17, 15) is 4.79 Å². The Hall–Kier alpha value is -1.34. The third-order valence-electron chi connectivity index (χ3n) is 1.87. The Kier molecular flexibility index (Phi) is 3.87. The summed E-state index contributed by atoms with van der Waals surface area (Å²) in [5.41, 5.74) is 0.875. The van der Waals surface area contributed by atoms with Gasteiger partial charge in [-0.15, -0.1) is 0 Å². The molecule has 0 aliphatic rings. The second kappa shape index (κ2) is 4.94. The molecule has 0 N–H and O–H groups in total. The minimum absolute atomic E-state index is 0.0820. The predicted molar refractivity (Wildman–Crippen MR) is 60.0 cm³/mol. The van der Waals surface area contributed by atoms with Gasteiger partial charge in [-0.05, 0) is 41.9 Å².